The highest BCUT2D eigenvalue weighted by Gasteiger charge is 2.40. The fourth-order valence-corrected chi connectivity index (χ4v) is 11.2. The van der Waals surface area contributed by atoms with E-state index >= 15 is 9.59 Å². The topological polar surface area (TPSA) is 434 Å². The van der Waals surface area contributed by atoms with Crippen molar-refractivity contribution in [3.8, 4) is 5.75 Å². The van der Waals surface area contributed by atoms with Crippen LogP contribution in [-0.4, -0.2) is 184 Å². The molecule has 6 aromatic rings. The third kappa shape index (κ3) is 22.5. The maximum Gasteiger partial charge on any atom is 0.408 e. The van der Waals surface area contributed by atoms with E-state index in [1.807, 2.05) is 56.3 Å². The Balaban J connectivity index is 1.16. The van der Waals surface area contributed by atoms with E-state index < -0.39 is 126 Å². The highest BCUT2D eigenvalue weighted by atomic mass is 16.6. The second-order valence-electron chi connectivity index (χ2n) is 25.3. The zero-order valence-electron chi connectivity index (χ0n) is 55.8. The number of aliphatic hydroxyl groups excluding tert-OH is 1. The molecule has 98 heavy (non-hydrogen) atoms. The van der Waals surface area contributed by atoms with Crippen LogP contribution in [0.2, 0.25) is 0 Å². The number of alkyl carbamates (subject to hydrolysis) is 1. The van der Waals surface area contributed by atoms with E-state index in [2.05, 4.69) is 62.2 Å². The van der Waals surface area contributed by atoms with Gasteiger partial charge in [-0.2, -0.15) is 0 Å². The van der Waals surface area contributed by atoms with Crippen molar-refractivity contribution in [1.29, 1.82) is 0 Å². The summed E-state index contributed by atoms with van der Waals surface area (Å²) < 4.78 is 16.0. The normalized spacial score (nSPS) is 15.1. The average molecular weight is 1360 g/mol. The van der Waals surface area contributed by atoms with Gasteiger partial charge in [0.05, 0.1) is 26.9 Å². The summed E-state index contributed by atoms with van der Waals surface area (Å²) in [5.41, 5.74) is 13.9. The number of aromatic hydroxyl groups is 1. The number of rotatable bonds is 34. The van der Waals surface area contributed by atoms with Crippen LogP contribution in [0.4, 0.5) is 4.79 Å². The molecule has 0 saturated carbocycles. The molecule has 7 rings (SSSR count). The smallest absolute Gasteiger partial charge is 0.408 e. The molecule has 1 fully saturated rings. The van der Waals surface area contributed by atoms with Crippen LogP contribution < -0.4 is 54.0 Å². The van der Waals surface area contributed by atoms with Crippen LogP contribution in [0.3, 0.4) is 0 Å². The lowest BCUT2D eigenvalue weighted by atomic mass is 9.99. The zero-order valence-corrected chi connectivity index (χ0v) is 55.8. The molecule has 8 atom stereocenters. The van der Waals surface area contributed by atoms with Gasteiger partial charge in [-0.15, -0.1) is 0 Å². The summed E-state index contributed by atoms with van der Waals surface area (Å²) in [6, 6.07) is 17.8. The van der Waals surface area contributed by atoms with Crippen LogP contribution in [0.5, 0.6) is 5.75 Å². The number of hydrogen-bond acceptors (Lipinski definition) is 16. The van der Waals surface area contributed by atoms with Crippen LogP contribution in [0.1, 0.15) is 89.0 Å². The first-order valence-electron chi connectivity index (χ1n) is 32.4. The number of fused-ring (bicyclic) bond motifs is 2. The Morgan fingerprint density at radius 1 is 0.633 bits per heavy atom. The lowest BCUT2D eigenvalue weighted by Crippen LogP contribution is -2.61. The van der Waals surface area contributed by atoms with E-state index in [4.69, 9.17) is 20.9 Å². The Labute approximate surface area is 567 Å². The second-order valence-corrected chi connectivity index (χ2v) is 25.3. The highest BCUT2D eigenvalue weighted by Crippen LogP contribution is 2.24. The van der Waals surface area contributed by atoms with Gasteiger partial charge in [0.1, 0.15) is 66.2 Å². The number of H-pyrrole nitrogens is 2. The number of nitrogens with two attached hydrogens (primary N) is 2. The highest BCUT2D eigenvalue weighted by molar-refractivity contribution is 5.99. The first kappa shape index (κ1) is 74.8. The van der Waals surface area contributed by atoms with Crippen molar-refractivity contribution in [2.45, 2.75) is 147 Å². The molecule has 4 aromatic carbocycles. The number of aliphatic imine (C=N–C) groups is 1. The molecule has 0 unspecified atom stereocenters. The van der Waals surface area contributed by atoms with Gasteiger partial charge >= 0.3 is 12.1 Å². The predicted molar refractivity (Wildman–Crippen MR) is 363 cm³/mol. The van der Waals surface area contributed by atoms with Gasteiger partial charge in [-0.25, -0.2) is 4.79 Å². The number of benzene rings is 4. The molecule has 0 aliphatic carbocycles. The third-order valence-corrected chi connectivity index (χ3v) is 16.1. The van der Waals surface area contributed by atoms with Crippen LogP contribution >= 0.6 is 0 Å². The van der Waals surface area contributed by atoms with Gasteiger partial charge in [-0.05, 0) is 105 Å². The molecule has 526 valence electrons. The maximum absolute atomic E-state index is 15.1. The molecule has 0 radical (unpaired) electrons. The number of ether oxygens (including phenoxy) is 3. The SMILES string of the molecule is COC(=O)CNC(=O)[C@@H]1CCCN1C(=O)[C@H](CCCN=C(N)N)NC(=O)[C@H](CC(C)C)NC(=O)[C@@H](Cc1c[nH]c2ccccc12)NC(=O)[C@H](Cc1ccc(O)cc1)NC(=O)[C@H](CO)NC(=O)[C@H](Cc1c[nH]c2ccccc12)NC(=O)[C@H](COCc1ccccc1)NC(=O)OC(C)(C)C. The molecule has 1 saturated heterocycles. The summed E-state index contributed by atoms with van der Waals surface area (Å²) in [4.78, 5) is 154. The van der Waals surface area contributed by atoms with Gasteiger partial charge in [0.25, 0.3) is 0 Å². The van der Waals surface area contributed by atoms with Crippen molar-refractivity contribution < 1.29 is 72.4 Å². The first-order chi connectivity index (χ1) is 46.8. The number of aromatic amines is 2. The lowest BCUT2D eigenvalue weighted by molar-refractivity contribution is -0.144. The van der Waals surface area contributed by atoms with E-state index in [0.29, 0.717) is 44.9 Å². The van der Waals surface area contributed by atoms with Crippen molar-refractivity contribution >= 4 is 87.1 Å². The van der Waals surface area contributed by atoms with Crippen LogP contribution in [0.25, 0.3) is 21.8 Å². The van der Waals surface area contributed by atoms with Crippen molar-refractivity contribution in [2.24, 2.45) is 22.4 Å². The molecule has 16 N–H and O–H groups in total. The van der Waals surface area contributed by atoms with Crippen LogP contribution in [0.15, 0.2) is 121 Å². The van der Waals surface area contributed by atoms with Gasteiger partial charge in [0.2, 0.25) is 47.3 Å². The van der Waals surface area contributed by atoms with E-state index in [1.54, 1.807) is 69.6 Å². The fraction of sp³-hybridized carbons (Fsp3) is 0.435. The summed E-state index contributed by atoms with van der Waals surface area (Å²) in [6.07, 6.45) is 2.61. The number of methoxy groups -OCH3 is 1. The van der Waals surface area contributed by atoms with Crippen molar-refractivity contribution in [3.05, 3.63) is 138 Å². The molecular formula is C69H90N14O15. The Morgan fingerprint density at radius 3 is 1.69 bits per heavy atom. The molecule has 9 amide bonds. The maximum atomic E-state index is 15.1. The number of carbonyl (C=O) groups excluding carboxylic acids is 10. The van der Waals surface area contributed by atoms with Crippen LogP contribution in [-0.2, 0) is 83.2 Å². The summed E-state index contributed by atoms with van der Waals surface area (Å²) >= 11 is 0. The monoisotopic (exact) mass is 1350 g/mol. The Morgan fingerprint density at radius 2 is 1.14 bits per heavy atom. The molecule has 1 aliphatic rings. The summed E-state index contributed by atoms with van der Waals surface area (Å²) in [5, 5.41) is 44.0. The average Bonchev–Trinajstić information content (AvgIpc) is 1.64. The minimum Gasteiger partial charge on any atom is -0.508 e. The van der Waals surface area contributed by atoms with E-state index in [9.17, 15) is 48.6 Å². The number of nitrogens with zero attached hydrogens (tertiary/aromatic N) is 2. The molecule has 2 aromatic heterocycles. The minimum absolute atomic E-state index is 0.00564. The first-order valence-corrected chi connectivity index (χ1v) is 32.4. The van der Waals surface area contributed by atoms with E-state index in [-0.39, 0.29) is 88.9 Å². The summed E-state index contributed by atoms with van der Waals surface area (Å²) in [5.74, 6) is -7.96. The van der Waals surface area contributed by atoms with Crippen molar-refractivity contribution in [2.75, 3.05) is 40.0 Å². The van der Waals surface area contributed by atoms with Gasteiger partial charge < -0.3 is 93.3 Å². The fourth-order valence-electron chi connectivity index (χ4n) is 11.2. The molecule has 3 heterocycles. The Hall–Kier alpha value is -10.6. The molecule has 29 nitrogen and oxygen atoms in total. The number of guanidine groups is 1. The number of aliphatic hydroxyl groups is 1. The second kappa shape index (κ2) is 36.0. The summed E-state index contributed by atoms with van der Waals surface area (Å²) in [7, 11) is 1.17. The lowest BCUT2D eigenvalue weighted by Gasteiger charge is -2.30. The molecular weight excluding hydrogens is 1260 g/mol. The third-order valence-electron chi connectivity index (χ3n) is 16.1. The van der Waals surface area contributed by atoms with E-state index in [0.717, 1.165) is 5.56 Å². The van der Waals surface area contributed by atoms with Gasteiger partial charge in [-0.3, -0.25) is 48.1 Å². The largest absolute Gasteiger partial charge is 0.508 e. The Kier molecular flexibility index (Phi) is 27.5. The molecule has 1 aliphatic heterocycles. The van der Waals surface area contributed by atoms with E-state index in [1.165, 1.54) is 36.3 Å². The van der Waals surface area contributed by atoms with Gasteiger partial charge in [0, 0.05) is 66.6 Å². The van der Waals surface area contributed by atoms with Gasteiger partial charge in [-0.1, -0.05) is 92.7 Å². The molecule has 29 heteroatoms. The van der Waals surface area contributed by atoms with Gasteiger partial charge in [0.15, 0.2) is 5.96 Å². The quantitative estimate of drug-likeness (QED) is 0.0118. The number of phenolic OH excluding ortho intramolecular Hbond substituents is 1. The Bertz CT molecular complexity index is 3750. The zero-order chi connectivity index (χ0) is 71.1. The molecule has 0 spiro atoms. The number of para-hydroxylation sites is 2. The van der Waals surface area contributed by atoms with Crippen molar-refractivity contribution in [1.82, 2.24) is 57.4 Å². The van der Waals surface area contributed by atoms with Crippen molar-refractivity contribution in [3.63, 3.8) is 0 Å². The number of amides is 9. The number of esters is 1. The molecule has 0 bridgehead atoms. The standard InChI is InChI=1S/C69H90N14O15/c1-40(2)30-51(59(87)76-50(22-14-28-72-67(70)71)66(94)83-29-15-23-57(83)65(93)75-36-58(86)96-6)77-61(89)53(32-43-34-73-48-20-12-10-18-46(43)48)79-60(88)52(31-41-24-26-45(85)27-25-41)78-63(91)55(37-84)81-62(90)54(33-44-35-74-49-21-13-11-19-47(44)49)80-64(92)56(82-68(95)98-69(3,4)5)39-97-38-42-16-8-7-9-17-42/h7-13,16-21,24-27,34-35,40,50-57,73-74,84-85H,14-15,22-23,28-33,36-39H2,1-6H3,(H,75,93)(H,76,87)(H,77,89)(H,78,91)(H,79,88)(H,80,92)(H,81,90)(H,82,95)(H4,70,71,72)/t50-,51-,52-,53+,54-,55-,56-,57-/m0/s1. The summed E-state index contributed by atoms with van der Waals surface area (Å²) in [6.45, 7) is 6.99. The predicted octanol–water partition coefficient (Wildman–Crippen LogP) is 1.77. The number of hydrogen-bond donors (Lipinski definition) is 14. The number of nitrogens with one attached hydrogen (secondary N) is 10. The number of likely N-dealkylation sites (tertiary alicyclic amines) is 1. The number of phenols is 1. The minimum atomic E-state index is -1.80. The number of aromatic nitrogens is 2. The van der Waals surface area contributed by atoms with Crippen LogP contribution in [0, 0.1) is 5.92 Å². The number of carbonyl (C=O) groups is 10.